The van der Waals surface area contributed by atoms with Crippen LogP contribution < -0.4 is 10.6 Å². The summed E-state index contributed by atoms with van der Waals surface area (Å²) >= 11 is 0. The van der Waals surface area contributed by atoms with E-state index in [0.717, 1.165) is 25.2 Å². The van der Waals surface area contributed by atoms with Gasteiger partial charge in [0.05, 0.1) is 12.2 Å². The van der Waals surface area contributed by atoms with E-state index in [0.29, 0.717) is 18.9 Å². The summed E-state index contributed by atoms with van der Waals surface area (Å²) in [6, 6.07) is 1.91. The Balaban J connectivity index is 1.73. The molecular weight excluding hydrogens is 204 g/mol. The normalized spacial score (nSPS) is 19.9. The number of aryl methyl sites for hydroxylation is 1. The third-order valence-corrected chi connectivity index (χ3v) is 3.03. The van der Waals surface area contributed by atoms with Crippen LogP contribution >= 0.6 is 0 Å². The minimum Gasteiger partial charge on any atom is -0.350 e. The maximum Gasteiger partial charge on any atom is 0.220 e. The molecular formula is C11H18N4O. The number of hydrogen-bond donors (Lipinski definition) is 2. The smallest absolute Gasteiger partial charge is 0.220 e. The number of aromatic nitrogens is 2. The van der Waals surface area contributed by atoms with Crippen molar-refractivity contribution in [1.82, 2.24) is 20.4 Å². The van der Waals surface area contributed by atoms with Gasteiger partial charge in [-0.1, -0.05) is 0 Å². The first-order chi connectivity index (χ1) is 7.75. The van der Waals surface area contributed by atoms with E-state index in [4.69, 9.17) is 0 Å². The second kappa shape index (κ2) is 5.12. The lowest BCUT2D eigenvalue weighted by Crippen LogP contribution is -2.26. The van der Waals surface area contributed by atoms with Gasteiger partial charge in [-0.15, -0.1) is 0 Å². The Kier molecular flexibility index (Phi) is 3.56. The van der Waals surface area contributed by atoms with Crippen molar-refractivity contribution in [3.05, 3.63) is 18.0 Å². The number of nitrogens with one attached hydrogen (secondary N) is 2. The third-order valence-electron chi connectivity index (χ3n) is 3.03. The standard InChI is InChI=1S/C11H18N4O/c1-15-10(3-5-14-15)8-13-11(16)6-9-2-4-12-7-9/h3,5,9,12H,2,4,6-8H2,1H3,(H,13,16). The molecule has 0 bridgehead atoms. The number of nitrogens with zero attached hydrogens (tertiary/aromatic N) is 2. The second-order valence-corrected chi connectivity index (χ2v) is 4.29. The average Bonchev–Trinajstić information content (AvgIpc) is 2.87. The van der Waals surface area contributed by atoms with Crippen molar-refractivity contribution in [2.75, 3.05) is 13.1 Å². The summed E-state index contributed by atoms with van der Waals surface area (Å²) < 4.78 is 1.78. The first kappa shape index (κ1) is 11.1. The van der Waals surface area contributed by atoms with Crippen molar-refractivity contribution in [3.8, 4) is 0 Å². The number of amides is 1. The Morgan fingerprint density at radius 3 is 3.25 bits per heavy atom. The first-order valence-electron chi connectivity index (χ1n) is 5.70. The molecule has 0 saturated carbocycles. The molecule has 5 nitrogen and oxygen atoms in total. The molecule has 0 aromatic carbocycles. The van der Waals surface area contributed by atoms with Gasteiger partial charge in [-0.05, 0) is 31.5 Å². The molecule has 88 valence electrons. The van der Waals surface area contributed by atoms with Crippen LogP contribution in [0.5, 0.6) is 0 Å². The van der Waals surface area contributed by atoms with Gasteiger partial charge >= 0.3 is 0 Å². The molecule has 1 unspecified atom stereocenters. The van der Waals surface area contributed by atoms with Gasteiger partial charge in [0, 0.05) is 19.7 Å². The highest BCUT2D eigenvalue weighted by molar-refractivity contribution is 5.76. The van der Waals surface area contributed by atoms with E-state index < -0.39 is 0 Å². The molecule has 1 aliphatic rings. The van der Waals surface area contributed by atoms with Crippen LogP contribution in [0.2, 0.25) is 0 Å². The summed E-state index contributed by atoms with van der Waals surface area (Å²) in [5.41, 5.74) is 1.03. The highest BCUT2D eigenvalue weighted by atomic mass is 16.1. The summed E-state index contributed by atoms with van der Waals surface area (Å²) in [7, 11) is 1.88. The molecule has 16 heavy (non-hydrogen) atoms. The van der Waals surface area contributed by atoms with Crippen molar-refractivity contribution >= 4 is 5.91 Å². The van der Waals surface area contributed by atoms with Crippen molar-refractivity contribution in [1.29, 1.82) is 0 Å². The van der Waals surface area contributed by atoms with E-state index in [-0.39, 0.29) is 5.91 Å². The molecule has 1 saturated heterocycles. The predicted octanol–water partition coefficient (Wildman–Crippen LogP) is 0.0359. The van der Waals surface area contributed by atoms with Crippen LogP contribution in [0, 0.1) is 5.92 Å². The third kappa shape index (κ3) is 2.82. The largest absolute Gasteiger partial charge is 0.350 e. The number of carbonyl (C=O) groups is 1. The lowest BCUT2D eigenvalue weighted by Gasteiger charge is -2.09. The molecule has 1 aliphatic heterocycles. The van der Waals surface area contributed by atoms with Crippen LogP contribution in [-0.4, -0.2) is 28.8 Å². The summed E-state index contributed by atoms with van der Waals surface area (Å²) in [5.74, 6) is 0.640. The van der Waals surface area contributed by atoms with Gasteiger partial charge in [0.2, 0.25) is 5.91 Å². The molecule has 1 fully saturated rings. The van der Waals surface area contributed by atoms with Gasteiger partial charge < -0.3 is 10.6 Å². The van der Waals surface area contributed by atoms with Crippen LogP contribution in [-0.2, 0) is 18.4 Å². The van der Waals surface area contributed by atoms with Crippen LogP contribution in [0.4, 0.5) is 0 Å². The highest BCUT2D eigenvalue weighted by Gasteiger charge is 2.17. The molecule has 1 amide bonds. The Bertz CT molecular complexity index is 355. The molecule has 2 rings (SSSR count). The quantitative estimate of drug-likeness (QED) is 0.756. The fourth-order valence-electron chi connectivity index (χ4n) is 1.99. The summed E-state index contributed by atoms with van der Waals surface area (Å²) in [4.78, 5) is 11.6. The Hall–Kier alpha value is -1.36. The molecule has 0 spiro atoms. The van der Waals surface area contributed by atoms with Crippen LogP contribution in [0.3, 0.4) is 0 Å². The maximum atomic E-state index is 11.6. The Labute approximate surface area is 95.2 Å². The van der Waals surface area contributed by atoms with Crippen molar-refractivity contribution in [3.63, 3.8) is 0 Å². The van der Waals surface area contributed by atoms with Gasteiger partial charge in [0.15, 0.2) is 0 Å². The Morgan fingerprint density at radius 2 is 2.62 bits per heavy atom. The van der Waals surface area contributed by atoms with Gasteiger partial charge in [0.1, 0.15) is 0 Å². The fraction of sp³-hybridized carbons (Fsp3) is 0.636. The number of carbonyl (C=O) groups excluding carboxylic acids is 1. The minimum atomic E-state index is 0.134. The zero-order valence-corrected chi connectivity index (χ0v) is 9.57. The first-order valence-corrected chi connectivity index (χ1v) is 5.70. The van der Waals surface area contributed by atoms with Gasteiger partial charge in [-0.2, -0.15) is 5.10 Å². The molecule has 0 aliphatic carbocycles. The zero-order chi connectivity index (χ0) is 11.4. The topological polar surface area (TPSA) is 59.0 Å². The minimum absolute atomic E-state index is 0.134. The van der Waals surface area contributed by atoms with Crippen LogP contribution in [0.25, 0.3) is 0 Å². The predicted molar refractivity (Wildman–Crippen MR) is 60.6 cm³/mol. The van der Waals surface area contributed by atoms with Gasteiger partial charge in [-0.3, -0.25) is 9.48 Å². The summed E-state index contributed by atoms with van der Waals surface area (Å²) in [6.45, 7) is 2.58. The average molecular weight is 222 g/mol. The zero-order valence-electron chi connectivity index (χ0n) is 9.57. The molecule has 1 aromatic rings. The van der Waals surface area contributed by atoms with Crippen molar-refractivity contribution < 1.29 is 4.79 Å². The fourth-order valence-corrected chi connectivity index (χ4v) is 1.99. The molecule has 0 radical (unpaired) electrons. The molecule has 2 N–H and O–H groups in total. The van der Waals surface area contributed by atoms with Crippen LogP contribution in [0.1, 0.15) is 18.5 Å². The van der Waals surface area contributed by atoms with Crippen molar-refractivity contribution in [2.45, 2.75) is 19.4 Å². The summed E-state index contributed by atoms with van der Waals surface area (Å²) in [5, 5.41) is 10.2. The van der Waals surface area contributed by atoms with Gasteiger partial charge in [-0.25, -0.2) is 0 Å². The van der Waals surface area contributed by atoms with E-state index >= 15 is 0 Å². The molecule has 1 aromatic heterocycles. The van der Waals surface area contributed by atoms with E-state index in [2.05, 4.69) is 15.7 Å². The van der Waals surface area contributed by atoms with Gasteiger partial charge in [0.25, 0.3) is 0 Å². The van der Waals surface area contributed by atoms with E-state index in [9.17, 15) is 4.79 Å². The lowest BCUT2D eigenvalue weighted by atomic mass is 10.0. The molecule has 5 heteroatoms. The Morgan fingerprint density at radius 1 is 1.75 bits per heavy atom. The maximum absolute atomic E-state index is 11.6. The number of rotatable bonds is 4. The monoisotopic (exact) mass is 222 g/mol. The van der Waals surface area contributed by atoms with Crippen molar-refractivity contribution in [2.24, 2.45) is 13.0 Å². The van der Waals surface area contributed by atoms with E-state index in [1.165, 1.54) is 0 Å². The SMILES string of the molecule is Cn1nccc1CNC(=O)CC1CCNC1. The van der Waals surface area contributed by atoms with Crippen LogP contribution in [0.15, 0.2) is 12.3 Å². The highest BCUT2D eigenvalue weighted by Crippen LogP contribution is 2.11. The lowest BCUT2D eigenvalue weighted by molar-refractivity contribution is -0.122. The van der Waals surface area contributed by atoms with E-state index in [1.807, 2.05) is 13.1 Å². The number of hydrogen-bond acceptors (Lipinski definition) is 3. The summed E-state index contributed by atoms with van der Waals surface area (Å²) in [6.07, 6.45) is 3.48. The van der Waals surface area contributed by atoms with E-state index in [1.54, 1.807) is 10.9 Å². The molecule has 1 atom stereocenters. The second-order valence-electron chi connectivity index (χ2n) is 4.29. The molecule has 2 heterocycles.